The Morgan fingerprint density at radius 2 is 1.52 bits per heavy atom. The molecular formula is C13H9F6NO3. The first-order valence-electron chi connectivity index (χ1n) is 6.22. The van der Waals surface area contributed by atoms with E-state index in [1.807, 2.05) is 0 Å². The summed E-state index contributed by atoms with van der Waals surface area (Å²) in [4.78, 5) is 23.2. The molecule has 1 amide bonds. The Balaban J connectivity index is 2.50. The summed E-state index contributed by atoms with van der Waals surface area (Å²) in [5.41, 5.74) is -3.75. The van der Waals surface area contributed by atoms with Crippen molar-refractivity contribution in [3.63, 3.8) is 0 Å². The van der Waals surface area contributed by atoms with Crippen LogP contribution in [0.1, 0.15) is 17.5 Å². The molecule has 1 aromatic rings. The molecule has 23 heavy (non-hydrogen) atoms. The molecule has 1 fully saturated rings. The van der Waals surface area contributed by atoms with E-state index in [-0.39, 0.29) is 6.07 Å². The van der Waals surface area contributed by atoms with Crippen molar-refractivity contribution in [2.24, 2.45) is 5.92 Å². The summed E-state index contributed by atoms with van der Waals surface area (Å²) in [6.07, 6.45) is -10.6. The highest BCUT2D eigenvalue weighted by molar-refractivity contribution is 5.99. The number of alkyl halides is 6. The number of hydrogen-bond donors (Lipinski definition) is 1. The fourth-order valence-corrected chi connectivity index (χ4v) is 2.22. The van der Waals surface area contributed by atoms with Crippen LogP contribution >= 0.6 is 0 Å². The van der Waals surface area contributed by atoms with Gasteiger partial charge >= 0.3 is 18.3 Å². The lowest BCUT2D eigenvalue weighted by atomic mass is 10.1. The minimum Gasteiger partial charge on any atom is -0.481 e. The zero-order chi connectivity index (χ0) is 17.6. The van der Waals surface area contributed by atoms with Gasteiger partial charge in [-0.05, 0) is 18.2 Å². The van der Waals surface area contributed by atoms with Crippen LogP contribution in [0, 0.1) is 5.92 Å². The molecule has 4 nitrogen and oxygen atoms in total. The highest BCUT2D eigenvalue weighted by Crippen LogP contribution is 2.39. The van der Waals surface area contributed by atoms with E-state index in [9.17, 15) is 35.9 Å². The Hall–Kier alpha value is -2.26. The van der Waals surface area contributed by atoms with Gasteiger partial charge in [0.1, 0.15) is 0 Å². The number of anilines is 1. The van der Waals surface area contributed by atoms with Crippen molar-refractivity contribution in [2.45, 2.75) is 18.8 Å². The molecule has 0 spiro atoms. The van der Waals surface area contributed by atoms with Crippen LogP contribution < -0.4 is 4.90 Å². The van der Waals surface area contributed by atoms with Gasteiger partial charge in [-0.1, -0.05) is 0 Å². The lowest BCUT2D eigenvalue weighted by Gasteiger charge is -2.20. The zero-order valence-corrected chi connectivity index (χ0v) is 11.2. The molecule has 1 aliphatic rings. The molecule has 0 radical (unpaired) electrons. The number of benzene rings is 1. The lowest BCUT2D eigenvalue weighted by Crippen LogP contribution is -2.26. The Bertz CT molecular complexity index is 620. The lowest BCUT2D eigenvalue weighted by molar-refractivity contribution is -0.143. The second-order valence-electron chi connectivity index (χ2n) is 5.01. The zero-order valence-electron chi connectivity index (χ0n) is 11.2. The van der Waals surface area contributed by atoms with Crippen molar-refractivity contribution in [1.29, 1.82) is 0 Å². The molecule has 2 rings (SSSR count). The smallest absolute Gasteiger partial charge is 0.416 e. The third-order valence-electron chi connectivity index (χ3n) is 3.36. The Labute approximate surface area is 125 Å². The van der Waals surface area contributed by atoms with Crippen molar-refractivity contribution in [3.05, 3.63) is 29.3 Å². The van der Waals surface area contributed by atoms with E-state index in [0.717, 1.165) is 0 Å². The number of carboxylic acid groups (broad SMARTS) is 1. The molecule has 1 heterocycles. The fraction of sp³-hybridized carbons (Fsp3) is 0.385. The van der Waals surface area contributed by atoms with E-state index in [1.165, 1.54) is 0 Å². The van der Waals surface area contributed by atoms with Gasteiger partial charge in [0.15, 0.2) is 0 Å². The van der Waals surface area contributed by atoms with E-state index in [4.69, 9.17) is 5.11 Å². The average molecular weight is 341 g/mol. The quantitative estimate of drug-likeness (QED) is 0.841. The normalized spacial score (nSPS) is 19.3. The van der Waals surface area contributed by atoms with Crippen molar-refractivity contribution in [2.75, 3.05) is 11.4 Å². The number of halogens is 6. The van der Waals surface area contributed by atoms with Crippen LogP contribution in [0.15, 0.2) is 18.2 Å². The molecule has 0 unspecified atom stereocenters. The van der Waals surface area contributed by atoms with Gasteiger partial charge in [0.2, 0.25) is 5.91 Å². The molecule has 0 saturated carbocycles. The molecule has 0 bridgehead atoms. The summed E-state index contributed by atoms with van der Waals surface area (Å²) >= 11 is 0. The average Bonchev–Trinajstić information content (AvgIpc) is 2.78. The third kappa shape index (κ3) is 3.57. The number of carbonyl (C=O) groups is 2. The van der Waals surface area contributed by atoms with Crippen molar-refractivity contribution >= 4 is 17.6 Å². The monoisotopic (exact) mass is 341 g/mol. The van der Waals surface area contributed by atoms with Crippen LogP contribution in [0.25, 0.3) is 0 Å². The topological polar surface area (TPSA) is 57.6 Å². The summed E-state index contributed by atoms with van der Waals surface area (Å²) in [5.74, 6) is -3.36. The van der Waals surface area contributed by atoms with E-state index in [0.29, 0.717) is 17.0 Å². The molecule has 0 aromatic heterocycles. The molecule has 1 saturated heterocycles. The predicted octanol–water partition coefficient (Wildman–Crippen LogP) is 3.16. The summed E-state index contributed by atoms with van der Waals surface area (Å²) in [6.45, 7) is -0.479. The van der Waals surface area contributed by atoms with Gasteiger partial charge in [0.25, 0.3) is 0 Å². The van der Waals surface area contributed by atoms with E-state index in [1.54, 1.807) is 0 Å². The van der Waals surface area contributed by atoms with Crippen molar-refractivity contribution in [1.82, 2.24) is 0 Å². The molecule has 1 aliphatic heterocycles. The SMILES string of the molecule is O=C(O)[C@H]1CC(=O)N(c2cc(C(F)(F)F)cc(C(F)(F)F)c2)C1. The molecule has 126 valence electrons. The standard InChI is InChI=1S/C13H9F6NO3/c14-12(15,16)7-2-8(13(17,18)19)4-9(3-7)20-5-6(11(22)23)1-10(20)21/h2-4,6H,1,5H2,(H,22,23)/t6-/m0/s1. The van der Waals surface area contributed by atoms with Gasteiger partial charge in [0.05, 0.1) is 17.0 Å². The molecular weight excluding hydrogens is 332 g/mol. The van der Waals surface area contributed by atoms with E-state index < -0.39 is 59.9 Å². The summed E-state index contributed by atoms with van der Waals surface area (Å²) in [7, 11) is 0. The Morgan fingerprint density at radius 1 is 1.04 bits per heavy atom. The number of carboxylic acids is 1. The van der Waals surface area contributed by atoms with Crippen LogP contribution in [-0.4, -0.2) is 23.5 Å². The Kier molecular flexibility index (Phi) is 4.03. The van der Waals surface area contributed by atoms with Crippen LogP contribution in [0.4, 0.5) is 32.0 Å². The summed E-state index contributed by atoms with van der Waals surface area (Å²) < 4.78 is 76.6. The number of rotatable bonds is 2. The van der Waals surface area contributed by atoms with Crippen LogP contribution in [0.5, 0.6) is 0 Å². The first-order chi connectivity index (χ1) is 10.4. The minimum atomic E-state index is -5.04. The molecule has 10 heteroatoms. The largest absolute Gasteiger partial charge is 0.481 e. The maximum Gasteiger partial charge on any atom is 0.416 e. The minimum absolute atomic E-state index is 0.0568. The third-order valence-corrected chi connectivity index (χ3v) is 3.36. The van der Waals surface area contributed by atoms with Gasteiger partial charge in [-0.25, -0.2) is 0 Å². The first-order valence-corrected chi connectivity index (χ1v) is 6.22. The van der Waals surface area contributed by atoms with Gasteiger partial charge in [0, 0.05) is 18.7 Å². The number of aliphatic carboxylic acids is 1. The van der Waals surface area contributed by atoms with Gasteiger partial charge in [-0.3, -0.25) is 9.59 Å². The molecule has 1 N–H and O–H groups in total. The number of nitrogens with zero attached hydrogens (tertiary/aromatic N) is 1. The summed E-state index contributed by atoms with van der Waals surface area (Å²) in [6, 6.07) is 0.744. The second-order valence-corrected chi connectivity index (χ2v) is 5.01. The number of amides is 1. The number of carbonyl (C=O) groups excluding carboxylic acids is 1. The van der Waals surface area contributed by atoms with Gasteiger partial charge < -0.3 is 10.0 Å². The maximum atomic E-state index is 12.8. The maximum absolute atomic E-state index is 12.8. The van der Waals surface area contributed by atoms with Gasteiger partial charge in [-0.15, -0.1) is 0 Å². The highest BCUT2D eigenvalue weighted by atomic mass is 19.4. The van der Waals surface area contributed by atoms with Crippen molar-refractivity contribution in [3.8, 4) is 0 Å². The first kappa shape index (κ1) is 17.1. The van der Waals surface area contributed by atoms with Crippen LogP contribution in [0.3, 0.4) is 0 Å². The van der Waals surface area contributed by atoms with E-state index in [2.05, 4.69) is 0 Å². The molecule has 0 aliphatic carbocycles. The van der Waals surface area contributed by atoms with E-state index >= 15 is 0 Å². The molecule has 1 aromatic carbocycles. The summed E-state index contributed by atoms with van der Waals surface area (Å²) in [5, 5.41) is 8.82. The molecule has 1 atom stereocenters. The van der Waals surface area contributed by atoms with Crippen LogP contribution in [0.2, 0.25) is 0 Å². The second kappa shape index (κ2) is 5.43. The fourth-order valence-electron chi connectivity index (χ4n) is 2.22. The Morgan fingerprint density at radius 3 is 1.87 bits per heavy atom. The van der Waals surface area contributed by atoms with Gasteiger partial charge in [-0.2, -0.15) is 26.3 Å². The predicted molar refractivity (Wildman–Crippen MR) is 64.5 cm³/mol. The highest BCUT2D eigenvalue weighted by Gasteiger charge is 2.40. The number of hydrogen-bond acceptors (Lipinski definition) is 2. The van der Waals surface area contributed by atoms with Crippen LogP contribution in [-0.2, 0) is 21.9 Å². The van der Waals surface area contributed by atoms with Crippen molar-refractivity contribution < 1.29 is 41.0 Å².